The first-order valence-corrected chi connectivity index (χ1v) is 8.10. The molecule has 4 aromatic rings. The van der Waals surface area contributed by atoms with Crippen LogP contribution in [0.15, 0.2) is 60.8 Å². The predicted molar refractivity (Wildman–Crippen MR) is 97.9 cm³/mol. The molecule has 2 aromatic heterocycles. The number of aromatic nitrogens is 5. The van der Waals surface area contributed by atoms with E-state index in [1.54, 1.807) is 0 Å². The van der Waals surface area contributed by atoms with E-state index in [-0.39, 0.29) is 0 Å². The molecule has 4 rings (SSSR count). The summed E-state index contributed by atoms with van der Waals surface area (Å²) >= 11 is 0. The SMILES string of the molecule is Cc1nc(-c2cccc(NCc3cn[nH]c3-c3ccccc3)c2)n[nH]1. The fourth-order valence-corrected chi connectivity index (χ4v) is 2.74. The van der Waals surface area contributed by atoms with Gasteiger partial charge in [0.2, 0.25) is 0 Å². The maximum absolute atomic E-state index is 4.38. The van der Waals surface area contributed by atoms with Crippen molar-refractivity contribution in [3.8, 4) is 22.6 Å². The zero-order valence-corrected chi connectivity index (χ0v) is 13.8. The average molecular weight is 330 g/mol. The van der Waals surface area contributed by atoms with Gasteiger partial charge < -0.3 is 5.32 Å². The molecule has 2 aromatic carbocycles. The van der Waals surface area contributed by atoms with Crippen molar-refractivity contribution in [3.63, 3.8) is 0 Å². The van der Waals surface area contributed by atoms with E-state index >= 15 is 0 Å². The molecule has 0 atom stereocenters. The molecule has 0 saturated carbocycles. The molecule has 0 aliphatic rings. The number of hydrogen-bond acceptors (Lipinski definition) is 4. The van der Waals surface area contributed by atoms with Crippen molar-refractivity contribution >= 4 is 5.69 Å². The lowest BCUT2D eigenvalue weighted by molar-refractivity contribution is 1.04. The van der Waals surface area contributed by atoms with Crippen LogP contribution < -0.4 is 5.32 Å². The van der Waals surface area contributed by atoms with E-state index in [0.29, 0.717) is 12.4 Å². The van der Waals surface area contributed by atoms with E-state index in [1.165, 1.54) is 0 Å². The first-order valence-electron chi connectivity index (χ1n) is 8.10. The van der Waals surface area contributed by atoms with Crippen molar-refractivity contribution in [2.45, 2.75) is 13.5 Å². The Bertz CT molecular complexity index is 970. The van der Waals surface area contributed by atoms with Gasteiger partial charge in [0.25, 0.3) is 0 Å². The molecule has 0 aliphatic carbocycles. The van der Waals surface area contributed by atoms with Gasteiger partial charge in [0, 0.05) is 23.4 Å². The lowest BCUT2D eigenvalue weighted by Crippen LogP contribution is -2.00. The lowest BCUT2D eigenvalue weighted by atomic mass is 10.1. The molecule has 0 unspecified atom stereocenters. The molecule has 25 heavy (non-hydrogen) atoms. The Morgan fingerprint density at radius 3 is 2.60 bits per heavy atom. The zero-order chi connectivity index (χ0) is 17.1. The normalized spacial score (nSPS) is 10.8. The monoisotopic (exact) mass is 330 g/mol. The van der Waals surface area contributed by atoms with E-state index < -0.39 is 0 Å². The molecular formula is C19H18N6. The van der Waals surface area contributed by atoms with Gasteiger partial charge in [0.1, 0.15) is 5.82 Å². The molecule has 2 heterocycles. The second kappa shape index (κ2) is 6.60. The molecule has 3 N–H and O–H groups in total. The van der Waals surface area contributed by atoms with Gasteiger partial charge in [-0.25, -0.2) is 4.98 Å². The second-order valence-electron chi connectivity index (χ2n) is 5.82. The highest BCUT2D eigenvalue weighted by Gasteiger charge is 2.08. The van der Waals surface area contributed by atoms with Gasteiger partial charge >= 0.3 is 0 Å². The molecule has 0 bridgehead atoms. The third-order valence-electron chi connectivity index (χ3n) is 3.98. The highest BCUT2D eigenvalue weighted by Crippen LogP contribution is 2.23. The standard InChI is InChI=1S/C19H18N6/c1-13-22-19(25-23-13)15-8-5-9-17(10-15)20-11-16-12-21-24-18(16)14-6-3-2-4-7-14/h2-10,12,20H,11H2,1H3,(H,21,24)(H,22,23,25). The van der Waals surface area contributed by atoms with Crippen molar-refractivity contribution in [1.82, 2.24) is 25.4 Å². The van der Waals surface area contributed by atoms with Crippen LogP contribution in [0.4, 0.5) is 5.69 Å². The number of benzene rings is 2. The van der Waals surface area contributed by atoms with Crippen LogP contribution in [0, 0.1) is 6.92 Å². The maximum Gasteiger partial charge on any atom is 0.181 e. The first kappa shape index (κ1) is 15.1. The van der Waals surface area contributed by atoms with E-state index in [4.69, 9.17) is 0 Å². The number of aryl methyl sites for hydroxylation is 1. The number of hydrogen-bond donors (Lipinski definition) is 3. The third kappa shape index (κ3) is 3.28. The molecule has 0 fully saturated rings. The van der Waals surface area contributed by atoms with Gasteiger partial charge in [-0.1, -0.05) is 42.5 Å². The molecule has 124 valence electrons. The van der Waals surface area contributed by atoms with Crippen LogP contribution in [0.25, 0.3) is 22.6 Å². The highest BCUT2D eigenvalue weighted by molar-refractivity contribution is 5.65. The summed E-state index contributed by atoms with van der Waals surface area (Å²) in [4.78, 5) is 4.38. The van der Waals surface area contributed by atoms with Gasteiger partial charge in [0.05, 0.1) is 11.9 Å². The number of nitrogens with one attached hydrogen (secondary N) is 3. The largest absolute Gasteiger partial charge is 0.381 e. The lowest BCUT2D eigenvalue weighted by Gasteiger charge is -2.08. The summed E-state index contributed by atoms with van der Waals surface area (Å²) in [5.74, 6) is 1.51. The Morgan fingerprint density at radius 2 is 1.80 bits per heavy atom. The molecule has 0 amide bonds. The molecule has 0 saturated heterocycles. The minimum absolute atomic E-state index is 0.678. The van der Waals surface area contributed by atoms with Gasteiger partial charge in [-0.15, -0.1) is 0 Å². The van der Waals surface area contributed by atoms with Crippen LogP contribution in [0.2, 0.25) is 0 Å². The number of H-pyrrole nitrogens is 2. The zero-order valence-electron chi connectivity index (χ0n) is 13.8. The van der Waals surface area contributed by atoms with Crippen LogP contribution in [-0.2, 0) is 6.54 Å². The van der Waals surface area contributed by atoms with Crippen LogP contribution in [0.1, 0.15) is 11.4 Å². The number of rotatable bonds is 5. The quantitative estimate of drug-likeness (QED) is 0.520. The Balaban J connectivity index is 1.52. The smallest absolute Gasteiger partial charge is 0.181 e. The molecule has 0 spiro atoms. The Labute approximate surface area is 145 Å². The van der Waals surface area contributed by atoms with Crippen molar-refractivity contribution in [3.05, 3.63) is 72.2 Å². The minimum Gasteiger partial charge on any atom is -0.381 e. The summed E-state index contributed by atoms with van der Waals surface area (Å²) in [7, 11) is 0. The molecular weight excluding hydrogens is 312 g/mol. The van der Waals surface area contributed by atoms with Crippen LogP contribution in [-0.4, -0.2) is 25.4 Å². The Hall–Kier alpha value is -3.41. The molecule has 0 aliphatic heterocycles. The number of nitrogens with zero attached hydrogens (tertiary/aromatic N) is 3. The Morgan fingerprint density at radius 1 is 0.960 bits per heavy atom. The van der Waals surface area contributed by atoms with E-state index in [0.717, 1.165) is 33.9 Å². The molecule has 6 nitrogen and oxygen atoms in total. The van der Waals surface area contributed by atoms with E-state index in [2.05, 4.69) is 42.8 Å². The molecule has 6 heteroatoms. The van der Waals surface area contributed by atoms with E-state index in [1.807, 2.05) is 55.6 Å². The van der Waals surface area contributed by atoms with Gasteiger partial charge in [-0.3, -0.25) is 10.2 Å². The molecule has 0 radical (unpaired) electrons. The van der Waals surface area contributed by atoms with Crippen LogP contribution in [0.3, 0.4) is 0 Å². The summed E-state index contributed by atoms with van der Waals surface area (Å²) in [6.07, 6.45) is 1.86. The number of aromatic amines is 2. The first-order chi connectivity index (χ1) is 12.3. The third-order valence-corrected chi connectivity index (χ3v) is 3.98. The van der Waals surface area contributed by atoms with Crippen LogP contribution in [0.5, 0.6) is 0 Å². The fourth-order valence-electron chi connectivity index (χ4n) is 2.74. The summed E-state index contributed by atoms with van der Waals surface area (Å²) in [6.45, 7) is 2.57. The second-order valence-corrected chi connectivity index (χ2v) is 5.82. The van der Waals surface area contributed by atoms with Gasteiger partial charge in [0.15, 0.2) is 5.82 Å². The predicted octanol–water partition coefficient (Wildman–Crippen LogP) is 3.78. The van der Waals surface area contributed by atoms with E-state index in [9.17, 15) is 0 Å². The topological polar surface area (TPSA) is 82.3 Å². The minimum atomic E-state index is 0.678. The Kier molecular flexibility index (Phi) is 4.00. The summed E-state index contributed by atoms with van der Waals surface area (Å²) < 4.78 is 0. The van der Waals surface area contributed by atoms with Gasteiger partial charge in [-0.2, -0.15) is 10.2 Å². The maximum atomic E-state index is 4.38. The highest BCUT2D eigenvalue weighted by atomic mass is 15.2. The van der Waals surface area contributed by atoms with Crippen molar-refractivity contribution < 1.29 is 0 Å². The van der Waals surface area contributed by atoms with Crippen LogP contribution >= 0.6 is 0 Å². The van der Waals surface area contributed by atoms with Crippen molar-refractivity contribution in [1.29, 1.82) is 0 Å². The van der Waals surface area contributed by atoms with Gasteiger partial charge in [-0.05, 0) is 24.6 Å². The summed E-state index contributed by atoms with van der Waals surface area (Å²) in [5.41, 5.74) is 5.27. The summed E-state index contributed by atoms with van der Waals surface area (Å²) in [6, 6.07) is 18.3. The van der Waals surface area contributed by atoms with Crippen molar-refractivity contribution in [2.24, 2.45) is 0 Å². The van der Waals surface area contributed by atoms with Crippen molar-refractivity contribution in [2.75, 3.05) is 5.32 Å². The number of anilines is 1. The average Bonchev–Trinajstić information content (AvgIpc) is 3.30. The summed E-state index contributed by atoms with van der Waals surface area (Å²) in [5, 5.41) is 17.8. The fraction of sp³-hybridized carbons (Fsp3) is 0.105.